The van der Waals surface area contributed by atoms with Gasteiger partial charge >= 0.3 is 10.5 Å². The molecule has 7 heteroatoms. The molecule has 0 unspecified atom stereocenters. The number of carbonyl (C=O) groups excluding carboxylic acids is 1. The third-order valence-corrected chi connectivity index (χ3v) is 1.71. The molecule has 0 saturated heterocycles. The molecule has 0 amide bonds. The van der Waals surface area contributed by atoms with Gasteiger partial charge in [0, 0.05) is 11.8 Å². The zero-order chi connectivity index (χ0) is 10.8. The van der Waals surface area contributed by atoms with Gasteiger partial charge in [0.2, 0.25) is 0 Å². The standard InChI is InChI=1S/C7H6FNO4S/c1-5(10)6-2-7(4-9-3-6)13-14(8,11)12/h2-4H,1H3. The number of hydrogen-bond acceptors (Lipinski definition) is 5. The molecule has 1 aromatic rings. The smallest absolute Gasteiger partial charge is 0.357 e. The van der Waals surface area contributed by atoms with Gasteiger partial charge in [-0.05, 0) is 13.0 Å². The molecule has 0 aliphatic rings. The highest BCUT2D eigenvalue weighted by Gasteiger charge is 2.11. The Kier molecular flexibility index (Phi) is 2.80. The molecule has 0 fully saturated rings. The first-order valence-electron chi connectivity index (χ1n) is 3.48. The number of carbonyl (C=O) groups is 1. The second kappa shape index (κ2) is 3.70. The van der Waals surface area contributed by atoms with Crippen molar-refractivity contribution in [2.45, 2.75) is 6.92 Å². The molecule has 14 heavy (non-hydrogen) atoms. The van der Waals surface area contributed by atoms with Crippen LogP contribution in [0, 0.1) is 0 Å². The summed E-state index contributed by atoms with van der Waals surface area (Å²) < 4.78 is 36.1. The van der Waals surface area contributed by atoms with Crippen molar-refractivity contribution in [3.8, 4) is 5.75 Å². The van der Waals surface area contributed by atoms with Crippen LogP contribution in [0.25, 0.3) is 0 Å². The zero-order valence-electron chi connectivity index (χ0n) is 7.10. The number of aromatic nitrogens is 1. The van der Waals surface area contributed by atoms with Crippen LogP contribution in [0.2, 0.25) is 0 Å². The lowest BCUT2D eigenvalue weighted by atomic mass is 10.2. The normalized spacial score (nSPS) is 11.0. The SMILES string of the molecule is CC(=O)c1cncc(OS(=O)(=O)F)c1. The molecular weight excluding hydrogens is 213 g/mol. The van der Waals surface area contributed by atoms with Crippen LogP contribution in [0.5, 0.6) is 5.75 Å². The lowest BCUT2D eigenvalue weighted by Crippen LogP contribution is -2.03. The van der Waals surface area contributed by atoms with Crippen molar-refractivity contribution in [2.24, 2.45) is 0 Å². The Hall–Kier alpha value is -1.50. The van der Waals surface area contributed by atoms with Crippen LogP contribution < -0.4 is 4.18 Å². The minimum atomic E-state index is -5.07. The number of ketones is 1. The molecule has 0 spiro atoms. The van der Waals surface area contributed by atoms with Gasteiger partial charge in [0.1, 0.15) is 0 Å². The number of hydrogen-bond donors (Lipinski definition) is 0. The van der Waals surface area contributed by atoms with Crippen molar-refractivity contribution in [3.05, 3.63) is 24.0 Å². The van der Waals surface area contributed by atoms with Crippen LogP contribution >= 0.6 is 0 Å². The van der Waals surface area contributed by atoms with Crippen LogP contribution in [0.3, 0.4) is 0 Å². The summed E-state index contributed by atoms with van der Waals surface area (Å²) in [5.41, 5.74) is 0.145. The highest BCUT2D eigenvalue weighted by atomic mass is 32.3. The van der Waals surface area contributed by atoms with Crippen LogP contribution in [0.15, 0.2) is 18.5 Å². The van der Waals surface area contributed by atoms with Crippen molar-refractivity contribution in [1.82, 2.24) is 4.98 Å². The van der Waals surface area contributed by atoms with Gasteiger partial charge in [0.25, 0.3) is 0 Å². The first kappa shape index (κ1) is 10.6. The van der Waals surface area contributed by atoms with Gasteiger partial charge in [-0.25, -0.2) is 0 Å². The first-order chi connectivity index (χ1) is 6.38. The fraction of sp³-hybridized carbons (Fsp3) is 0.143. The average Bonchev–Trinajstić information content (AvgIpc) is 2.01. The Balaban J connectivity index is 3.01. The fourth-order valence-corrected chi connectivity index (χ4v) is 1.09. The average molecular weight is 219 g/mol. The van der Waals surface area contributed by atoms with E-state index in [2.05, 4.69) is 9.17 Å². The largest absolute Gasteiger partial charge is 0.488 e. The molecule has 0 saturated carbocycles. The first-order valence-corrected chi connectivity index (χ1v) is 4.79. The predicted octanol–water partition coefficient (Wildman–Crippen LogP) is 0.877. The van der Waals surface area contributed by atoms with Gasteiger partial charge in [0.05, 0.1) is 6.20 Å². The van der Waals surface area contributed by atoms with Gasteiger partial charge in [-0.1, -0.05) is 3.89 Å². The predicted molar refractivity (Wildman–Crippen MR) is 44.9 cm³/mol. The van der Waals surface area contributed by atoms with E-state index in [0.29, 0.717) is 0 Å². The summed E-state index contributed by atoms with van der Waals surface area (Å²) >= 11 is 0. The summed E-state index contributed by atoms with van der Waals surface area (Å²) in [6.45, 7) is 1.27. The van der Waals surface area contributed by atoms with E-state index in [4.69, 9.17) is 0 Å². The van der Waals surface area contributed by atoms with E-state index in [1.807, 2.05) is 0 Å². The van der Waals surface area contributed by atoms with Gasteiger partial charge in [-0.3, -0.25) is 9.78 Å². The van der Waals surface area contributed by atoms with Crippen LogP contribution in [0.1, 0.15) is 17.3 Å². The lowest BCUT2D eigenvalue weighted by Gasteiger charge is -2.00. The second-order valence-electron chi connectivity index (χ2n) is 2.44. The highest BCUT2D eigenvalue weighted by molar-refractivity contribution is 7.81. The van der Waals surface area contributed by atoms with E-state index in [0.717, 1.165) is 12.3 Å². The van der Waals surface area contributed by atoms with Gasteiger partial charge in [-0.15, -0.1) is 0 Å². The summed E-state index contributed by atoms with van der Waals surface area (Å²) in [6.07, 6.45) is 2.21. The molecule has 0 aromatic carbocycles. The van der Waals surface area contributed by atoms with Crippen LogP contribution in [-0.2, 0) is 10.5 Å². The fourth-order valence-electron chi connectivity index (χ4n) is 0.772. The maximum absolute atomic E-state index is 12.0. The van der Waals surface area contributed by atoms with Crippen molar-refractivity contribution >= 4 is 16.3 Å². The molecule has 0 radical (unpaired) electrons. The third kappa shape index (κ3) is 3.09. The number of Topliss-reactive ketones (excluding diaryl/α,β-unsaturated/α-hetero) is 1. The highest BCUT2D eigenvalue weighted by Crippen LogP contribution is 2.14. The molecule has 0 N–H and O–H groups in total. The molecule has 5 nitrogen and oxygen atoms in total. The Morgan fingerprint density at radius 2 is 2.14 bits per heavy atom. The van der Waals surface area contributed by atoms with Crippen molar-refractivity contribution in [3.63, 3.8) is 0 Å². The van der Waals surface area contributed by atoms with E-state index in [1.54, 1.807) is 0 Å². The molecule has 0 atom stereocenters. The van der Waals surface area contributed by atoms with Crippen molar-refractivity contribution in [1.29, 1.82) is 0 Å². The molecule has 0 aliphatic carbocycles. The van der Waals surface area contributed by atoms with E-state index < -0.39 is 10.5 Å². The summed E-state index contributed by atoms with van der Waals surface area (Å²) in [7, 11) is -5.07. The van der Waals surface area contributed by atoms with E-state index >= 15 is 0 Å². The molecule has 1 heterocycles. The molecule has 1 aromatic heterocycles. The van der Waals surface area contributed by atoms with Gasteiger partial charge in [-0.2, -0.15) is 8.42 Å². The van der Waals surface area contributed by atoms with E-state index in [1.165, 1.54) is 13.1 Å². The minimum Gasteiger partial charge on any atom is -0.357 e. The molecule has 0 aliphatic heterocycles. The van der Waals surface area contributed by atoms with E-state index in [-0.39, 0.29) is 17.1 Å². The van der Waals surface area contributed by atoms with Crippen LogP contribution in [-0.4, -0.2) is 19.2 Å². The van der Waals surface area contributed by atoms with E-state index in [9.17, 15) is 17.1 Å². The third-order valence-electron chi connectivity index (χ3n) is 1.32. The van der Waals surface area contributed by atoms with Gasteiger partial charge < -0.3 is 4.18 Å². The number of nitrogens with zero attached hydrogens (tertiary/aromatic N) is 1. The Morgan fingerprint density at radius 1 is 1.50 bits per heavy atom. The Bertz CT molecular complexity index is 457. The topological polar surface area (TPSA) is 73.3 Å². The molecular formula is C7H6FNO4S. The quantitative estimate of drug-likeness (QED) is 0.557. The maximum Gasteiger partial charge on any atom is 0.488 e. The second-order valence-corrected chi connectivity index (χ2v) is 3.39. The zero-order valence-corrected chi connectivity index (χ0v) is 7.91. The molecule has 1 rings (SSSR count). The lowest BCUT2D eigenvalue weighted by molar-refractivity contribution is 0.101. The van der Waals surface area contributed by atoms with Crippen molar-refractivity contribution in [2.75, 3.05) is 0 Å². The molecule has 76 valence electrons. The monoisotopic (exact) mass is 219 g/mol. The summed E-state index contributed by atoms with van der Waals surface area (Å²) in [5.74, 6) is -0.653. The summed E-state index contributed by atoms with van der Waals surface area (Å²) in [4.78, 5) is 14.3. The number of rotatable bonds is 3. The summed E-state index contributed by atoms with van der Waals surface area (Å²) in [6, 6.07) is 1.09. The van der Waals surface area contributed by atoms with Crippen molar-refractivity contribution < 1.29 is 21.3 Å². The summed E-state index contributed by atoms with van der Waals surface area (Å²) in [5, 5.41) is 0. The number of halogens is 1. The Morgan fingerprint density at radius 3 is 2.64 bits per heavy atom. The number of pyridine rings is 1. The maximum atomic E-state index is 12.0. The van der Waals surface area contributed by atoms with Crippen LogP contribution in [0.4, 0.5) is 3.89 Å². The Labute approximate surface area is 80.0 Å². The minimum absolute atomic E-state index is 0.145. The van der Waals surface area contributed by atoms with Gasteiger partial charge in [0.15, 0.2) is 11.5 Å². The molecule has 0 bridgehead atoms.